The lowest BCUT2D eigenvalue weighted by molar-refractivity contribution is -0.142. The Labute approximate surface area is 396 Å². The molecule has 7 aliphatic rings. The van der Waals surface area contributed by atoms with E-state index in [9.17, 15) is 22.8 Å². The standard InChI is InChI=1S/C47H66FIN6O9S/c1-5-37(49)47(3,44(58)53-65(60,61)46(2)21-22-46)52-41(56)35-26-31-27-55(35)43(57)38(28-13-8-6-9-14-28)51-45(59)64-36-25-29(36)15-10-7-11-16-33-40(62-30-19-23-54(4)24-20-30)32-17-12-18-34(48)39(32)50-42(33)63-31/h5,12,17-18,28-31,33,35-38,40H,1,6-11,13-16,19-27H2,2-4H3,(H,51,59)(H,52,56)(H,53,58)/t29-,31-,33?,35+,36-,37?,38+,40?,47?/m1/s1. The summed E-state index contributed by atoms with van der Waals surface area (Å²) in [5, 5.41) is 5.78. The van der Waals surface area contributed by atoms with Gasteiger partial charge < -0.3 is 34.6 Å². The molecule has 3 saturated carbocycles. The summed E-state index contributed by atoms with van der Waals surface area (Å²) in [6.45, 7) is 8.52. The van der Waals surface area contributed by atoms with E-state index in [4.69, 9.17) is 19.2 Å². The number of alkyl carbamates (subject to hydrolysis) is 1. The van der Waals surface area contributed by atoms with E-state index in [-0.39, 0.29) is 54.5 Å². The Morgan fingerprint density at radius 2 is 1.71 bits per heavy atom. The summed E-state index contributed by atoms with van der Waals surface area (Å²) >= 11 is 1.94. The number of alkyl halides is 1. The molecule has 9 atom stereocenters. The molecule has 0 aromatic heterocycles. The molecule has 1 aromatic rings. The fourth-order valence-electron chi connectivity index (χ4n) is 10.4. The molecule has 2 bridgehead atoms. The van der Waals surface area contributed by atoms with Crippen molar-refractivity contribution in [3.63, 3.8) is 0 Å². The zero-order chi connectivity index (χ0) is 46.3. The van der Waals surface area contributed by atoms with E-state index in [0.717, 1.165) is 77.3 Å². The maximum atomic E-state index is 15.9. The Kier molecular flexibility index (Phi) is 14.6. The van der Waals surface area contributed by atoms with Gasteiger partial charge in [0.25, 0.3) is 5.91 Å². The van der Waals surface area contributed by atoms with E-state index in [1.807, 2.05) is 28.7 Å². The number of fused-ring (bicyclic) bond motifs is 5. The Balaban J connectivity index is 1.15. The summed E-state index contributed by atoms with van der Waals surface area (Å²) in [7, 11) is -2.00. The molecule has 3 aliphatic carbocycles. The lowest BCUT2D eigenvalue weighted by Crippen LogP contribution is -2.65. The van der Waals surface area contributed by atoms with Gasteiger partial charge in [0.2, 0.25) is 21.8 Å². The number of para-hydroxylation sites is 1. The second kappa shape index (κ2) is 19.7. The fraction of sp³-hybridized carbons (Fsp3) is 0.723. The largest absolute Gasteiger partial charge is 0.475 e. The first-order chi connectivity index (χ1) is 31.0. The molecule has 0 spiro atoms. The minimum absolute atomic E-state index is 0.0341. The lowest BCUT2D eigenvalue weighted by atomic mass is 9.83. The number of likely N-dealkylation sites (tertiary alicyclic amines) is 1. The highest BCUT2D eigenvalue weighted by Crippen LogP contribution is 2.46. The molecule has 4 heterocycles. The molecule has 0 radical (unpaired) electrons. The minimum atomic E-state index is -4.08. The molecule has 4 aliphatic heterocycles. The van der Waals surface area contributed by atoms with Crippen LogP contribution in [0.25, 0.3) is 0 Å². The number of nitrogens with zero attached hydrogens (tertiary/aromatic N) is 3. The number of sulfonamides is 1. The molecule has 6 fully saturated rings. The van der Waals surface area contributed by atoms with Crippen molar-refractivity contribution < 1.29 is 46.2 Å². The van der Waals surface area contributed by atoms with Gasteiger partial charge in [-0.3, -0.25) is 19.1 Å². The summed E-state index contributed by atoms with van der Waals surface area (Å²) in [5.74, 6) is -2.73. The Morgan fingerprint density at radius 1 is 1.03 bits per heavy atom. The summed E-state index contributed by atoms with van der Waals surface area (Å²) in [6.07, 6.45) is 10.6. The number of halogens is 2. The Morgan fingerprint density at radius 3 is 2.38 bits per heavy atom. The average molecular weight is 1040 g/mol. The first-order valence-corrected chi connectivity index (χ1v) is 26.5. The van der Waals surface area contributed by atoms with Crippen LogP contribution in [0.1, 0.15) is 128 Å². The molecular weight excluding hydrogens is 971 g/mol. The summed E-state index contributed by atoms with van der Waals surface area (Å²) < 4.78 is 62.6. The maximum Gasteiger partial charge on any atom is 0.408 e. The van der Waals surface area contributed by atoms with Crippen molar-refractivity contribution in [3.05, 3.63) is 42.2 Å². The number of ether oxygens (including phenoxy) is 3. The molecule has 4 unspecified atom stereocenters. The number of hydrogen-bond donors (Lipinski definition) is 3. The molecule has 18 heteroatoms. The van der Waals surface area contributed by atoms with Gasteiger partial charge in [-0.2, -0.15) is 0 Å². The quantitative estimate of drug-likeness (QED) is 0.133. The van der Waals surface area contributed by atoms with E-state index in [0.29, 0.717) is 37.7 Å². The summed E-state index contributed by atoms with van der Waals surface area (Å²) in [5.41, 5.74) is -1.01. The molecule has 3 N–H and O–H groups in total. The second-order valence-corrected chi connectivity index (χ2v) is 23.6. The molecule has 358 valence electrons. The smallest absolute Gasteiger partial charge is 0.408 e. The zero-order valence-electron chi connectivity index (χ0n) is 37.9. The van der Waals surface area contributed by atoms with Crippen LogP contribution >= 0.6 is 22.6 Å². The van der Waals surface area contributed by atoms with Crippen LogP contribution in [0, 0.1) is 23.6 Å². The highest BCUT2D eigenvalue weighted by molar-refractivity contribution is 14.1. The topological polar surface area (TPSA) is 185 Å². The molecule has 4 amide bonds. The molecular formula is C47H66FIN6O9S. The number of hydrogen-bond acceptors (Lipinski definition) is 11. The third-order valence-electron chi connectivity index (χ3n) is 15.2. The maximum absolute atomic E-state index is 15.9. The van der Waals surface area contributed by atoms with Gasteiger partial charge in [0.1, 0.15) is 41.3 Å². The van der Waals surface area contributed by atoms with Gasteiger partial charge in [-0.05, 0) is 96.6 Å². The van der Waals surface area contributed by atoms with Crippen LogP contribution in [0.3, 0.4) is 0 Å². The predicted octanol–water partition coefficient (Wildman–Crippen LogP) is 6.51. The van der Waals surface area contributed by atoms with Gasteiger partial charge in [0, 0.05) is 25.1 Å². The molecule has 8 rings (SSSR count). The van der Waals surface area contributed by atoms with E-state index in [2.05, 4.69) is 33.9 Å². The van der Waals surface area contributed by atoms with Crippen molar-refractivity contribution >= 4 is 68.0 Å². The lowest BCUT2D eigenvalue weighted by Gasteiger charge is -2.38. The van der Waals surface area contributed by atoms with Crippen molar-refractivity contribution in [2.24, 2.45) is 22.7 Å². The number of benzene rings is 1. The first-order valence-electron chi connectivity index (χ1n) is 23.8. The van der Waals surface area contributed by atoms with Crippen molar-refractivity contribution in [1.82, 2.24) is 25.2 Å². The van der Waals surface area contributed by atoms with E-state index >= 15 is 9.18 Å². The third-order valence-corrected chi connectivity index (χ3v) is 19.1. The van der Waals surface area contributed by atoms with Crippen LogP contribution in [0.2, 0.25) is 0 Å². The summed E-state index contributed by atoms with van der Waals surface area (Å²) in [4.78, 5) is 66.3. The van der Waals surface area contributed by atoms with Gasteiger partial charge in [0.15, 0.2) is 5.90 Å². The van der Waals surface area contributed by atoms with Crippen molar-refractivity contribution in [2.45, 2.75) is 167 Å². The monoisotopic (exact) mass is 1040 g/mol. The second-order valence-electron chi connectivity index (χ2n) is 20.1. The predicted molar refractivity (Wildman–Crippen MR) is 251 cm³/mol. The molecule has 15 nitrogen and oxygen atoms in total. The number of piperidine rings is 1. The van der Waals surface area contributed by atoms with Gasteiger partial charge in [-0.25, -0.2) is 22.6 Å². The average Bonchev–Trinajstić information content (AvgIpc) is 4.18. The third kappa shape index (κ3) is 10.5. The normalized spacial score (nSPS) is 31.6. The highest BCUT2D eigenvalue weighted by atomic mass is 127. The van der Waals surface area contributed by atoms with Gasteiger partial charge in [-0.1, -0.05) is 79.3 Å². The van der Waals surface area contributed by atoms with Gasteiger partial charge in [0.05, 0.1) is 33.3 Å². The first kappa shape index (κ1) is 48.1. The number of rotatable bonds is 10. The summed E-state index contributed by atoms with van der Waals surface area (Å²) in [6, 6.07) is 2.70. The van der Waals surface area contributed by atoms with Crippen molar-refractivity contribution in [1.29, 1.82) is 0 Å². The molecule has 65 heavy (non-hydrogen) atoms. The molecule has 1 aromatic carbocycles. The van der Waals surface area contributed by atoms with E-state index in [1.54, 1.807) is 13.0 Å². The van der Waals surface area contributed by atoms with Crippen LogP contribution in [-0.2, 0) is 38.6 Å². The van der Waals surface area contributed by atoms with Crippen molar-refractivity contribution in [3.8, 4) is 0 Å². The zero-order valence-corrected chi connectivity index (χ0v) is 40.9. The van der Waals surface area contributed by atoms with Crippen LogP contribution in [-0.4, -0.2) is 119 Å². The van der Waals surface area contributed by atoms with Gasteiger partial charge >= 0.3 is 6.09 Å². The number of nitrogens with one attached hydrogen (secondary N) is 3. The Bertz CT molecular complexity index is 2130. The van der Waals surface area contributed by atoms with Gasteiger partial charge in [-0.15, -0.1) is 6.58 Å². The number of aliphatic imine (C=N–C) groups is 1. The van der Waals surface area contributed by atoms with Crippen LogP contribution in [0.5, 0.6) is 0 Å². The number of carbonyl (C=O) groups excluding carboxylic acids is 4. The Hall–Kier alpha value is -3.36. The molecule has 3 saturated heterocycles. The van der Waals surface area contributed by atoms with Crippen LogP contribution < -0.4 is 15.4 Å². The number of amides is 4. The minimum Gasteiger partial charge on any atom is -0.475 e. The van der Waals surface area contributed by atoms with Crippen LogP contribution in [0.4, 0.5) is 14.9 Å². The van der Waals surface area contributed by atoms with Crippen LogP contribution in [0.15, 0.2) is 35.8 Å². The number of carbonyl (C=O) groups is 4. The SMILES string of the molecule is C=CC(I)C(C)(NC(=O)[C@@H]1C[C@@H]2CN1C(=O)[C@H](C1CCCCC1)NC(=O)O[C@@H]1C[C@H]1CCCCCC1C(=Nc3c(F)cccc3C1OC1CCN(C)CC1)O2)C(=O)NS(=O)(=O)C1(C)CC1. The van der Waals surface area contributed by atoms with Crippen molar-refractivity contribution in [2.75, 3.05) is 26.7 Å². The van der Waals surface area contributed by atoms with E-state index < -0.39 is 78.2 Å². The highest BCUT2D eigenvalue weighted by Gasteiger charge is 2.54. The fourth-order valence-corrected chi connectivity index (χ4v) is 12.2. The van der Waals surface area contributed by atoms with E-state index in [1.165, 1.54) is 24.0 Å².